The summed E-state index contributed by atoms with van der Waals surface area (Å²) in [5.74, 6) is -4.92. The van der Waals surface area contributed by atoms with Gasteiger partial charge in [-0.1, -0.05) is 6.07 Å². The number of nitro benzene ring substituents is 1. The number of nitrogen functional groups attached to an aromatic ring is 1. The molecule has 0 radical (unpaired) electrons. The number of hydrogen-bond acceptors (Lipinski definition) is 31. The fourth-order valence-corrected chi connectivity index (χ4v) is 12.5. The van der Waals surface area contributed by atoms with E-state index >= 15 is 0 Å². The third-order valence-electron chi connectivity index (χ3n) is 11.6. The molecule has 7 aromatic carbocycles. The van der Waals surface area contributed by atoms with Crippen molar-refractivity contribution in [3.63, 3.8) is 0 Å². The van der Waals surface area contributed by atoms with Crippen molar-refractivity contribution in [1.29, 1.82) is 0 Å². The van der Waals surface area contributed by atoms with Crippen molar-refractivity contribution in [3.8, 4) is 28.9 Å². The van der Waals surface area contributed by atoms with Crippen molar-refractivity contribution < 1.29 is 121 Å². The van der Waals surface area contributed by atoms with E-state index in [9.17, 15) is 121 Å². The molecule has 8 aromatic rings. The Bertz CT molecular complexity index is 5430. The number of phenolic OH excluding ortho intramolecular Hbond substituents is 2. The number of aromatic nitrogens is 2. The summed E-state index contributed by atoms with van der Waals surface area (Å²) in [5, 5.41) is 74.3. The number of nitrogens with two attached hydrogens (primary N) is 1. The summed E-state index contributed by atoms with van der Waals surface area (Å²) in [5.41, 5.74) is -3.52. The molecule has 0 atom stereocenters. The summed E-state index contributed by atoms with van der Waals surface area (Å²) >= 11 is 0. The van der Waals surface area contributed by atoms with Crippen LogP contribution in [0.5, 0.6) is 23.3 Å². The fourth-order valence-electron chi connectivity index (χ4n) is 7.86. The van der Waals surface area contributed by atoms with Crippen LogP contribution in [0.1, 0.15) is 0 Å². The van der Waals surface area contributed by atoms with Gasteiger partial charge in [0.25, 0.3) is 88.9 Å². The minimum absolute atomic E-state index is 0.112. The number of non-ortho nitro benzene ring substituents is 1. The van der Waals surface area contributed by atoms with Gasteiger partial charge in [0.1, 0.15) is 63.5 Å². The van der Waals surface area contributed by atoms with Gasteiger partial charge in [-0.3, -0.25) is 46.8 Å². The summed E-state index contributed by atoms with van der Waals surface area (Å²) < 4.78 is 250. The lowest BCUT2D eigenvalue weighted by Crippen LogP contribution is -2.09. The van der Waals surface area contributed by atoms with Crippen LogP contribution in [0.25, 0.3) is 27.2 Å². The van der Waals surface area contributed by atoms with Crippen LogP contribution < -0.4 is 10.5 Å². The van der Waals surface area contributed by atoms with E-state index in [2.05, 4.69) is 50.7 Å². The fraction of sp³-hybridized carbons (Fsp3) is 0. The molecule has 1 aromatic heterocycles. The van der Waals surface area contributed by atoms with E-state index in [0.29, 0.717) is 48.5 Å². The monoisotopic (exact) mass is 1370 g/mol. The molecule has 0 aliphatic rings. The number of carbonyl (C=O) groups is 1. The average Bonchev–Trinajstić information content (AvgIpc) is 0.851. The van der Waals surface area contributed by atoms with Crippen LogP contribution in [0.3, 0.4) is 0 Å². The molecule has 0 saturated heterocycles. The highest BCUT2D eigenvalue weighted by Crippen LogP contribution is 2.49. The van der Waals surface area contributed by atoms with Crippen LogP contribution >= 0.6 is 0 Å². The van der Waals surface area contributed by atoms with Crippen molar-refractivity contribution in [3.05, 3.63) is 101 Å². The molecule has 0 amide bonds. The SMILES string of the molecule is Nc1c(N=Nc2ccc3c(O)c(N=Nc4ccc(N=Nc5c(OC=O)nn(-c6cc(S(=O)(=O)O)ccc6S(=O)(=O)O)c5O)c(S(=O)(=O)O)c4)c(S(=O)(=O)O)cc3c2S(=O)(=O)O)cc(S(=O)(=O)O)c2ccc(N=Nc3ccc([N+](=O)[O-])cc3S(=O)(=O)O)c(O)c12. The van der Waals surface area contributed by atoms with Crippen molar-refractivity contribution in [2.45, 2.75) is 34.3 Å². The molecule has 0 aliphatic heterocycles. The number of anilines is 1. The summed E-state index contributed by atoms with van der Waals surface area (Å²) in [7, 11) is -38.0. The number of benzene rings is 7. The van der Waals surface area contributed by atoms with Gasteiger partial charge in [0.05, 0.1) is 32.3 Å². The molecule has 0 unspecified atom stereocenters. The molecular weight excluding hydrogens is 1340 g/mol. The van der Waals surface area contributed by atoms with Crippen LogP contribution in [0.15, 0.2) is 166 Å². The first-order valence-electron chi connectivity index (χ1n) is 22.4. The second-order valence-corrected chi connectivity index (χ2v) is 26.9. The molecule has 0 bridgehead atoms. The standard InChI is InChI=1S/C42H28N12O28S7/c43-35-27(15-30(85(67,68)69)21-5-8-25(39(57)34(21)35)47-45-24-7-2-18(54(59)60)12-32(24)87(73,74)75)49-48-26-9-4-20-22(40(26)89(79,80)81)14-33(88(76,77)78)36(38(20)56)50-44-17-1-6-23(31(11-17)86(70,71)72)46-51-37-41(82-16-55)52-53(42(37)58)28-13-19(83(61,62)63)3-10-29(28)84(64,65)66/h1-16,56-58H,43H2,(H,61,62,63)(H,64,65,66)(H,67,68,69)(H,70,71,72)(H,73,74,75)(H,76,77,78)(H,79,80,81). The zero-order valence-electron chi connectivity index (χ0n) is 42.4. The highest BCUT2D eigenvalue weighted by Gasteiger charge is 2.31. The Labute approximate surface area is 494 Å². The highest BCUT2D eigenvalue weighted by molar-refractivity contribution is 7.87. The van der Waals surface area contributed by atoms with Gasteiger partial charge in [-0.05, 0) is 72.8 Å². The molecule has 0 saturated carbocycles. The van der Waals surface area contributed by atoms with Crippen LogP contribution in [0.4, 0.5) is 56.9 Å². The summed E-state index contributed by atoms with van der Waals surface area (Å²) in [6, 6.07) is 9.20. The maximum atomic E-state index is 13.1. The zero-order chi connectivity index (χ0) is 66.1. The number of nitro groups is 1. The van der Waals surface area contributed by atoms with E-state index in [1.54, 1.807) is 0 Å². The lowest BCUT2D eigenvalue weighted by molar-refractivity contribution is -0.385. The van der Waals surface area contributed by atoms with Crippen LogP contribution in [-0.4, -0.2) is 127 Å². The molecule has 47 heteroatoms. The second kappa shape index (κ2) is 23.0. The van der Waals surface area contributed by atoms with E-state index in [0.717, 1.165) is 36.4 Å². The number of azo groups is 4. The van der Waals surface area contributed by atoms with Gasteiger partial charge in [0.2, 0.25) is 11.6 Å². The summed E-state index contributed by atoms with van der Waals surface area (Å²) in [6.45, 7) is -0.331. The Morgan fingerprint density at radius 3 is 1.57 bits per heavy atom. The van der Waals surface area contributed by atoms with E-state index in [-0.39, 0.29) is 17.2 Å². The minimum Gasteiger partial charge on any atom is -0.505 e. The lowest BCUT2D eigenvalue weighted by Gasteiger charge is -2.13. The smallest absolute Gasteiger partial charge is 0.299 e. The number of carbonyl (C=O) groups excluding carboxylic acids is 1. The maximum absolute atomic E-state index is 13.1. The topological polar surface area (TPSA) is 653 Å². The van der Waals surface area contributed by atoms with Gasteiger partial charge in [0.15, 0.2) is 11.5 Å². The first-order valence-corrected chi connectivity index (χ1v) is 32.5. The van der Waals surface area contributed by atoms with E-state index in [1.807, 2.05) is 0 Å². The molecule has 0 aliphatic carbocycles. The largest absolute Gasteiger partial charge is 0.505 e. The molecule has 466 valence electrons. The Balaban J connectivity index is 1.20. The van der Waals surface area contributed by atoms with Gasteiger partial charge < -0.3 is 25.8 Å². The van der Waals surface area contributed by atoms with E-state index < -0.39 is 217 Å². The first-order chi connectivity index (χ1) is 41.0. The summed E-state index contributed by atoms with van der Waals surface area (Å²) in [4.78, 5) is 13.0. The van der Waals surface area contributed by atoms with Crippen LogP contribution in [0.2, 0.25) is 0 Å². The lowest BCUT2D eigenvalue weighted by atomic mass is 10.1. The Hall–Kier alpha value is -9.89. The maximum Gasteiger partial charge on any atom is 0.299 e. The van der Waals surface area contributed by atoms with Gasteiger partial charge in [0, 0.05) is 28.3 Å². The Morgan fingerprint density at radius 2 is 1.00 bits per heavy atom. The molecule has 40 nitrogen and oxygen atoms in total. The molecule has 8 rings (SSSR count). The van der Waals surface area contributed by atoms with Gasteiger partial charge >= 0.3 is 0 Å². The summed E-state index contributed by atoms with van der Waals surface area (Å²) in [6.07, 6.45) is 0. The Morgan fingerprint density at radius 1 is 0.483 bits per heavy atom. The zero-order valence-corrected chi connectivity index (χ0v) is 48.1. The number of aromatic hydroxyl groups is 3. The Kier molecular flexibility index (Phi) is 16.8. The molecule has 0 spiro atoms. The first kappa shape index (κ1) is 65.1. The number of hydrogen-bond donors (Lipinski definition) is 11. The quantitative estimate of drug-likeness (QED) is 0.01000. The second-order valence-electron chi connectivity index (χ2n) is 17.2. The minimum atomic E-state index is -5.74. The molecule has 12 N–H and O–H groups in total. The number of rotatable bonds is 19. The average molecular weight is 1370 g/mol. The van der Waals surface area contributed by atoms with Crippen molar-refractivity contribution >= 4 is 156 Å². The highest BCUT2D eigenvalue weighted by atomic mass is 32.2. The number of ether oxygens (including phenoxy) is 1. The molecule has 89 heavy (non-hydrogen) atoms. The third-order valence-corrected chi connectivity index (χ3v) is 17.8. The van der Waals surface area contributed by atoms with Gasteiger partial charge in [-0.25, -0.2) is 0 Å². The van der Waals surface area contributed by atoms with Gasteiger partial charge in [-0.2, -0.15) is 68.7 Å². The van der Waals surface area contributed by atoms with Crippen LogP contribution in [-0.2, 0) is 75.6 Å². The third kappa shape index (κ3) is 13.3. The predicted octanol–water partition coefficient (Wildman–Crippen LogP) is 6.71. The number of nitrogens with zero attached hydrogens (tertiary/aromatic N) is 11. The normalized spacial score (nSPS) is 13.2. The van der Waals surface area contributed by atoms with Gasteiger partial charge in [-0.15, -0.1) is 40.9 Å². The van der Waals surface area contributed by atoms with Crippen LogP contribution in [0, 0.1) is 10.1 Å². The van der Waals surface area contributed by atoms with Crippen molar-refractivity contribution in [2.75, 3.05) is 5.73 Å². The van der Waals surface area contributed by atoms with Crippen molar-refractivity contribution in [1.82, 2.24) is 9.78 Å². The molecular formula is C42H28N12O28S7. The van der Waals surface area contributed by atoms with E-state index in [4.69, 9.17) is 5.73 Å². The molecule has 0 fully saturated rings. The molecule has 1 heterocycles. The van der Waals surface area contributed by atoms with E-state index in [1.165, 1.54) is 0 Å². The van der Waals surface area contributed by atoms with Crippen molar-refractivity contribution in [2.24, 2.45) is 40.9 Å². The number of fused-ring (bicyclic) bond motifs is 2. The predicted molar refractivity (Wildman–Crippen MR) is 293 cm³/mol. The number of phenols is 2.